The van der Waals surface area contributed by atoms with Gasteiger partial charge in [-0.25, -0.2) is 0 Å². The first-order valence-corrected chi connectivity index (χ1v) is 5.74. The van der Waals surface area contributed by atoms with Gasteiger partial charge in [0.05, 0.1) is 6.21 Å². The van der Waals surface area contributed by atoms with E-state index in [1.54, 1.807) is 23.6 Å². The normalized spacial score (nSPS) is 10.2. The molecule has 5 heteroatoms. The van der Waals surface area contributed by atoms with Gasteiger partial charge in [0.25, 0.3) is 0 Å². The predicted molar refractivity (Wildman–Crippen MR) is 70.6 cm³/mol. The van der Waals surface area contributed by atoms with Crippen molar-refractivity contribution in [3.8, 4) is 0 Å². The Morgan fingerprint density at radius 2 is 2.53 bits per heavy atom. The number of hydrazone groups is 1. The maximum atomic E-state index is 4.97. The lowest BCUT2D eigenvalue weighted by Gasteiger charge is -2.02. The number of thiocarbonyl (C=S) groups is 1. The number of hydrogen-bond acceptors (Lipinski definition) is 3. The molecule has 1 rings (SSSR count). The number of nitrogens with zero attached hydrogens (tertiary/aromatic N) is 1. The van der Waals surface area contributed by atoms with Crippen LogP contribution in [0.2, 0.25) is 0 Å². The Kier molecular flexibility index (Phi) is 5.00. The summed E-state index contributed by atoms with van der Waals surface area (Å²) in [6.07, 6.45) is 3.50. The number of rotatable bonds is 4. The van der Waals surface area contributed by atoms with Gasteiger partial charge >= 0.3 is 0 Å². The van der Waals surface area contributed by atoms with Crippen LogP contribution in [0.15, 0.2) is 29.2 Å². The summed E-state index contributed by atoms with van der Waals surface area (Å²) in [5.41, 5.74) is 3.95. The highest BCUT2D eigenvalue weighted by Gasteiger charge is 1.94. The van der Waals surface area contributed by atoms with E-state index in [4.69, 9.17) is 12.2 Å². The van der Waals surface area contributed by atoms with Crippen LogP contribution in [0.1, 0.15) is 10.4 Å². The third-order valence-corrected chi connectivity index (χ3v) is 2.85. The quantitative estimate of drug-likeness (QED) is 0.365. The van der Waals surface area contributed by atoms with Gasteiger partial charge in [0, 0.05) is 11.4 Å². The molecule has 0 aromatic carbocycles. The molecule has 1 aromatic heterocycles. The van der Waals surface area contributed by atoms with Crippen LogP contribution in [0.4, 0.5) is 0 Å². The van der Waals surface area contributed by atoms with E-state index in [-0.39, 0.29) is 0 Å². The number of aryl methyl sites for hydroxylation is 1. The molecule has 0 aliphatic heterocycles. The number of hydrogen-bond donors (Lipinski definition) is 2. The average molecular weight is 239 g/mol. The summed E-state index contributed by atoms with van der Waals surface area (Å²) in [4.78, 5) is 1.13. The monoisotopic (exact) mass is 239 g/mol. The molecule has 0 amide bonds. The van der Waals surface area contributed by atoms with Crippen LogP contribution in [-0.2, 0) is 0 Å². The molecular weight excluding hydrogens is 226 g/mol. The summed E-state index contributed by atoms with van der Waals surface area (Å²) in [7, 11) is 0. The maximum Gasteiger partial charge on any atom is 0.187 e. The van der Waals surface area contributed by atoms with Crippen molar-refractivity contribution in [1.29, 1.82) is 0 Å². The van der Waals surface area contributed by atoms with Gasteiger partial charge in [-0.2, -0.15) is 5.10 Å². The van der Waals surface area contributed by atoms with Crippen LogP contribution in [-0.4, -0.2) is 17.9 Å². The van der Waals surface area contributed by atoms with Gasteiger partial charge in [0.2, 0.25) is 0 Å². The van der Waals surface area contributed by atoms with Crippen LogP contribution in [0.5, 0.6) is 0 Å². The first kappa shape index (κ1) is 11.9. The molecule has 1 aromatic rings. The zero-order valence-electron chi connectivity index (χ0n) is 8.49. The molecule has 1 heterocycles. The number of nitrogens with one attached hydrogen (secondary N) is 2. The van der Waals surface area contributed by atoms with E-state index in [1.165, 1.54) is 5.56 Å². The Labute approximate surface area is 98.9 Å². The molecule has 2 N–H and O–H groups in total. The summed E-state index contributed by atoms with van der Waals surface area (Å²) < 4.78 is 0. The first-order valence-electron chi connectivity index (χ1n) is 4.46. The second-order valence-corrected chi connectivity index (χ2v) is 4.19. The predicted octanol–water partition coefficient (Wildman–Crippen LogP) is 2.04. The molecule has 0 unspecified atom stereocenters. The standard InChI is InChI=1S/C10H13N3S2/c1-3-5-11-10(14)13-12-7-9-8(2)4-6-15-9/h3-4,6-7H,1,5H2,2H3,(H2,11,13,14). The molecule has 0 saturated heterocycles. The van der Waals surface area contributed by atoms with Crippen molar-refractivity contribution in [2.24, 2.45) is 5.10 Å². The molecule has 80 valence electrons. The Hall–Kier alpha value is -1.20. The topological polar surface area (TPSA) is 36.4 Å². The van der Waals surface area contributed by atoms with E-state index in [2.05, 4.69) is 28.5 Å². The molecule has 0 atom stereocenters. The van der Waals surface area contributed by atoms with Crippen molar-refractivity contribution < 1.29 is 0 Å². The van der Waals surface area contributed by atoms with Crippen molar-refractivity contribution in [1.82, 2.24) is 10.7 Å². The Morgan fingerprint density at radius 1 is 1.73 bits per heavy atom. The smallest absolute Gasteiger partial charge is 0.187 e. The minimum atomic E-state index is 0.500. The zero-order chi connectivity index (χ0) is 11.1. The Bertz CT molecular complexity index is 368. The lowest BCUT2D eigenvalue weighted by atomic mass is 10.3. The van der Waals surface area contributed by atoms with Gasteiger partial charge in [-0.3, -0.25) is 5.43 Å². The minimum absolute atomic E-state index is 0.500. The molecule has 3 nitrogen and oxygen atoms in total. The molecule has 0 bridgehead atoms. The minimum Gasteiger partial charge on any atom is -0.358 e. The molecule has 0 fully saturated rings. The van der Waals surface area contributed by atoms with Crippen molar-refractivity contribution in [2.45, 2.75) is 6.92 Å². The van der Waals surface area contributed by atoms with Crippen molar-refractivity contribution >= 4 is 34.9 Å². The van der Waals surface area contributed by atoms with Crippen LogP contribution in [0.3, 0.4) is 0 Å². The highest BCUT2D eigenvalue weighted by atomic mass is 32.1. The SMILES string of the molecule is C=CCNC(=S)NN=Cc1sccc1C. The second-order valence-electron chi connectivity index (χ2n) is 2.84. The Morgan fingerprint density at radius 3 is 3.13 bits per heavy atom. The first-order chi connectivity index (χ1) is 7.24. The fourth-order valence-electron chi connectivity index (χ4n) is 0.871. The van der Waals surface area contributed by atoms with Crippen molar-refractivity contribution in [3.05, 3.63) is 34.5 Å². The van der Waals surface area contributed by atoms with Gasteiger partial charge in [-0.15, -0.1) is 17.9 Å². The lowest BCUT2D eigenvalue weighted by molar-refractivity contribution is 0.942. The average Bonchev–Trinajstić information content (AvgIpc) is 2.61. The largest absolute Gasteiger partial charge is 0.358 e. The highest BCUT2D eigenvalue weighted by Crippen LogP contribution is 2.12. The summed E-state index contributed by atoms with van der Waals surface area (Å²) in [5.74, 6) is 0. The van der Waals surface area contributed by atoms with E-state index in [1.807, 2.05) is 12.3 Å². The van der Waals surface area contributed by atoms with E-state index in [9.17, 15) is 0 Å². The summed E-state index contributed by atoms with van der Waals surface area (Å²) in [6.45, 7) is 6.26. The van der Waals surface area contributed by atoms with Crippen LogP contribution < -0.4 is 10.7 Å². The van der Waals surface area contributed by atoms with Gasteiger partial charge in [0.15, 0.2) is 5.11 Å². The molecule has 0 spiro atoms. The molecule has 0 saturated carbocycles. The van der Waals surface area contributed by atoms with Crippen LogP contribution in [0, 0.1) is 6.92 Å². The number of thiophene rings is 1. The van der Waals surface area contributed by atoms with E-state index >= 15 is 0 Å². The molecule has 0 radical (unpaired) electrons. The van der Waals surface area contributed by atoms with Crippen molar-refractivity contribution in [3.63, 3.8) is 0 Å². The van der Waals surface area contributed by atoms with E-state index in [0.717, 1.165) is 4.88 Å². The fourth-order valence-corrected chi connectivity index (χ4v) is 1.79. The van der Waals surface area contributed by atoms with E-state index < -0.39 is 0 Å². The molecule has 0 aliphatic rings. The maximum absolute atomic E-state index is 4.97. The van der Waals surface area contributed by atoms with Gasteiger partial charge < -0.3 is 5.32 Å². The summed E-state index contributed by atoms with van der Waals surface area (Å²) in [6, 6.07) is 2.06. The van der Waals surface area contributed by atoms with Gasteiger partial charge in [-0.05, 0) is 36.2 Å². The third-order valence-electron chi connectivity index (χ3n) is 1.66. The molecule has 0 aliphatic carbocycles. The van der Waals surface area contributed by atoms with Gasteiger partial charge in [-0.1, -0.05) is 6.08 Å². The molecule has 15 heavy (non-hydrogen) atoms. The van der Waals surface area contributed by atoms with Gasteiger partial charge in [0.1, 0.15) is 0 Å². The zero-order valence-corrected chi connectivity index (χ0v) is 10.1. The third kappa shape index (κ3) is 4.22. The summed E-state index contributed by atoms with van der Waals surface area (Å²) in [5, 5.41) is 9.48. The highest BCUT2D eigenvalue weighted by molar-refractivity contribution is 7.80. The van der Waals surface area contributed by atoms with Crippen molar-refractivity contribution in [2.75, 3.05) is 6.54 Å². The molecular formula is C10H13N3S2. The second kappa shape index (κ2) is 6.31. The van der Waals surface area contributed by atoms with E-state index in [0.29, 0.717) is 11.7 Å². The Balaban J connectivity index is 2.37. The van der Waals surface area contributed by atoms with Crippen LogP contribution in [0.25, 0.3) is 0 Å². The summed E-state index contributed by atoms with van der Waals surface area (Å²) >= 11 is 6.62. The lowest BCUT2D eigenvalue weighted by Crippen LogP contribution is -2.31. The fraction of sp³-hybridized carbons (Fsp3) is 0.200. The van der Waals surface area contributed by atoms with Crippen LogP contribution >= 0.6 is 23.6 Å².